The molecular formula is C76H69BN4. The van der Waals surface area contributed by atoms with E-state index in [1.165, 1.54) is 121 Å². The summed E-state index contributed by atoms with van der Waals surface area (Å²) >= 11 is 0. The number of benzene rings is 10. The average molecular weight is 1050 g/mol. The zero-order valence-electron chi connectivity index (χ0n) is 48.9. The van der Waals surface area contributed by atoms with Crippen LogP contribution in [0.25, 0.3) is 82.5 Å². The van der Waals surface area contributed by atoms with Gasteiger partial charge in [-0.3, -0.25) is 0 Å². The molecule has 0 N–H and O–H groups in total. The van der Waals surface area contributed by atoms with E-state index in [0.29, 0.717) is 0 Å². The standard InChI is InChI=1S/C76H69BN4/c1-46-36-62-71-70(37-46)81-68-34-31-48(74(5,6)7)39-57(68)60-40-49(75(8,9)10)41-64(72(60)81)77(71)63-44-59-56-38-47(73(2,3)4)30-33-66(56)80(69(59)45-61(63)76(62,11)12)53-27-21-26-52(42-53)79-65-29-20-19-28-55(65)58-43-54(32-35-67(58)79)78(50-22-15-13-16-23-50)51-24-17-14-18-25-51/h13-45H,1-12H3. The third kappa shape index (κ3) is 7.29. The van der Waals surface area contributed by atoms with Crippen LogP contribution in [0, 0.1) is 6.92 Å². The highest BCUT2D eigenvalue weighted by atomic mass is 15.1. The van der Waals surface area contributed by atoms with Gasteiger partial charge in [0.1, 0.15) is 0 Å². The van der Waals surface area contributed by atoms with E-state index in [0.717, 1.165) is 28.4 Å². The fraction of sp³-hybridized carbons (Fsp3) is 0.211. The van der Waals surface area contributed by atoms with Crippen molar-refractivity contribution in [2.24, 2.45) is 0 Å². The largest absolute Gasteiger partial charge is 0.310 e. The first-order valence-corrected chi connectivity index (χ1v) is 29.2. The van der Waals surface area contributed by atoms with E-state index in [1.54, 1.807) is 0 Å². The van der Waals surface area contributed by atoms with Gasteiger partial charge in [-0.25, -0.2) is 0 Å². The van der Waals surface area contributed by atoms with Crippen molar-refractivity contribution in [3.8, 4) is 17.1 Å². The van der Waals surface area contributed by atoms with Crippen molar-refractivity contribution in [3.05, 3.63) is 234 Å². The monoisotopic (exact) mass is 1050 g/mol. The fourth-order valence-electron chi connectivity index (χ4n) is 14.3. The van der Waals surface area contributed by atoms with Gasteiger partial charge >= 0.3 is 0 Å². The molecule has 0 saturated heterocycles. The number of hydrogen-bond acceptors (Lipinski definition) is 1. The lowest BCUT2D eigenvalue weighted by Crippen LogP contribution is -2.63. The van der Waals surface area contributed by atoms with Gasteiger partial charge in [-0.1, -0.05) is 173 Å². The number of anilines is 3. The van der Waals surface area contributed by atoms with Crippen LogP contribution in [-0.2, 0) is 21.7 Å². The first-order valence-electron chi connectivity index (χ1n) is 29.2. The minimum Gasteiger partial charge on any atom is -0.310 e. The summed E-state index contributed by atoms with van der Waals surface area (Å²) < 4.78 is 7.69. The molecule has 396 valence electrons. The van der Waals surface area contributed by atoms with Crippen molar-refractivity contribution in [1.82, 2.24) is 13.7 Å². The van der Waals surface area contributed by atoms with Gasteiger partial charge in [-0.15, -0.1) is 0 Å². The second kappa shape index (κ2) is 17.0. The highest BCUT2D eigenvalue weighted by Gasteiger charge is 2.46. The number of aryl methyl sites for hydroxylation is 1. The molecule has 0 fully saturated rings. The molecule has 0 spiro atoms. The summed E-state index contributed by atoms with van der Waals surface area (Å²) in [5.41, 5.74) is 26.5. The van der Waals surface area contributed by atoms with Crippen LogP contribution in [0.15, 0.2) is 200 Å². The van der Waals surface area contributed by atoms with Crippen LogP contribution in [0.1, 0.15) is 110 Å². The number of fused-ring (bicyclic) bond motifs is 13. The Kier molecular flexibility index (Phi) is 10.4. The molecule has 2 aliphatic rings. The Labute approximate surface area is 477 Å². The summed E-state index contributed by atoms with van der Waals surface area (Å²) in [5.74, 6) is 0. The molecule has 0 atom stereocenters. The molecule has 0 amide bonds. The molecule has 0 bridgehead atoms. The summed E-state index contributed by atoms with van der Waals surface area (Å²) in [7, 11) is 0. The number of rotatable bonds is 5. The Balaban J connectivity index is 0.975. The van der Waals surface area contributed by atoms with Crippen molar-refractivity contribution in [2.45, 2.75) is 105 Å². The van der Waals surface area contributed by atoms with E-state index in [9.17, 15) is 0 Å². The van der Waals surface area contributed by atoms with Gasteiger partial charge in [0, 0.05) is 77.4 Å². The summed E-state index contributed by atoms with van der Waals surface area (Å²) in [5, 5.41) is 7.73. The average Bonchev–Trinajstić information content (AvgIpc) is 2.25. The quantitative estimate of drug-likeness (QED) is 0.157. The normalized spacial score (nSPS) is 14.0. The lowest BCUT2D eigenvalue weighted by Gasteiger charge is -2.42. The Morgan fingerprint density at radius 1 is 0.370 bits per heavy atom. The second-order valence-electron chi connectivity index (χ2n) is 27.2. The molecule has 81 heavy (non-hydrogen) atoms. The zero-order valence-corrected chi connectivity index (χ0v) is 48.9. The fourth-order valence-corrected chi connectivity index (χ4v) is 14.3. The molecular weight excluding hydrogens is 980 g/mol. The van der Waals surface area contributed by atoms with E-state index in [2.05, 4.69) is 302 Å². The minimum absolute atomic E-state index is 0.0202. The van der Waals surface area contributed by atoms with Crippen LogP contribution < -0.4 is 21.3 Å². The van der Waals surface area contributed by atoms with Crippen LogP contribution in [0.4, 0.5) is 17.1 Å². The number of para-hydroxylation sites is 3. The van der Waals surface area contributed by atoms with Crippen LogP contribution in [0.5, 0.6) is 0 Å². The number of hydrogen-bond donors (Lipinski definition) is 0. The van der Waals surface area contributed by atoms with Gasteiger partial charge in [0.2, 0.25) is 6.71 Å². The maximum atomic E-state index is 2.65. The maximum absolute atomic E-state index is 2.65. The SMILES string of the molecule is Cc1cc2c3c(c1)C(C)(C)c1cc4c(cc1B3c1cc(C(C)(C)C)cc3c5cc(C(C)(C)C)ccc5n-2c13)c1cc(C(C)(C)C)ccc1n4-c1cccc(-n2c3ccccc3c3cc(N(c4ccccc4)c4ccccc4)ccc32)c1. The predicted molar refractivity (Wildman–Crippen MR) is 348 cm³/mol. The van der Waals surface area contributed by atoms with Crippen LogP contribution in [0.3, 0.4) is 0 Å². The zero-order chi connectivity index (χ0) is 55.8. The van der Waals surface area contributed by atoms with Gasteiger partial charge in [0.05, 0.1) is 27.6 Å². The topological polar surface area (TPSA) is 18.0 Å². The van der Waals surface area contributed by atoms with Crippen molar-refractivity contribution in [3.63, 3.8) is 0 Å². The van der Waals surface area contributed by atoms with Crippen molar-refractivity contribution in [1.29, 1.82) is 0 Å². The molecule has 2 aliphatic heterocycles. The summed E-state index contributed by atoms with van der Waals surface area (Å²) in [6.45, 7) is 28.5. The molecule has 4 nitrogen and oxygen atoms in total. The maximum Gasteiger partial charge on any atom is 0.247 e. The highest BCUT2D eigenvalue weighted by Crippen LogP contribution is 2.46. The molecule has 3 aromatic heterocycles. The molecule has 10 aromatic carbocycles. The molecule has 0 radical (unpaired) electrons. The van der Waals surface area contributed by atoms with Gasteiger partial charge in [-0.2, -0.15) is 0 Å². The van der Waals surface area contributed by atoms with Crippen LogP contribution in [-0.4, -0.2) is 20.4 Å². The van der Waals surface area contributed by atoms with Gasteiger partial charge < -0.3 is 18.6 Å². The molecule has 0 aliphatic carbocycles. The molecule has 13 aromatic rings. The highest BCUT2D eigenvalue weighted by molar-refractivity contribution is 6.99. The van der Waals surface area contributed by atoms with Crippen LogP contribution in [0.2, 0.25) is 0 Å². The van der Waals surface area contributed by atoms with Gasteiger partial charge in [0.15, 0.2) is 0 Å². The Morgan fingerprint density at radius 2 is 0.889 bits per heavy atom. The Morgan fingerprint density at radius 3 is 1.52 bits per heavy atom. The van der Waals surface area contributed by atoms with Crippen molar-refractivity contribution in [2.75, 3.05) is 4.90 Å². The summed E-state index contributed by atoms with van der Waals surface area (Å²) in [6.07, 6.45) is 0. The lowest BCUT2D eigenvalue weighted by molar-refractivity contribution is 0.590. The minimum atomic E-state index is -0.311. The molecule has 0 unspecified atom stereocenters. The first-order chi connectivity index (χ1) is 38.7. The van der Waals surface area contributed by atoms with E-state index in [1.807, 2.05) is 0 Å². The third-order valence-electron chi connectivity index (χ3n) is 18.5. The molecule has 15 rings (SSSR count). The number of nitrogens with zero attached hydrogens (tertiary/aromatic N) is 4. The second-order valence-corrected chi connectivity index (χ2v) is 27.2. The van der Waals surface area contributed by atoms with E-state index < -0.39 is 0 Å². The molecule has 5 heteroatoms. The van der Waals surface area contributed by atoms with E-state index in [4.69, 9.17) is 0 Å². The lowest BCUT2D eigenvalue weighted by atomic mass is 9.30. The van der Waals surface area contributed by atoms with E-state index in [-0.39, 0.29) is 28.4 Å². The van der Waals surface area contributed by atoms with Gasteiger partial charge in [0.25, 0.3) is 0 Å². The van der Waals surface area contributed by atoms with E-state index >= 15 is 0 Å². The molecule has 5 heterocycles. The van der Waals surface area contributed by atoms with Crippen molar-refractivity contribution >= 4 is 106 Å². The Bertz CT molecular complexity index is 4750. The molecule has 0 saturated carbocycles. The first kappa shape index (κ1) is 49.5. The Hall–Kier alpha value is -8.54. The smallest absolute Gasteiger partial charge is 0.247 e. The van der Waals surface area contributed by atoms with Crippen LogP contribution >= 0.6 is 0 Å². The number of aromatic nitrogens is 3. The summed E-state index contributed by atoms with van der Waals surface area (Å²) in [6, 6.07) is 76.5. The summed E-state index contributed by atoms with van der Waals surface area (Å²) in [4.78, 5) is 2.36. The van der Waals surface area contributed by atoms with Gasteiger partial charge in [-0.05, 0) is 177 Å². The van der Waals surface area contributed by atoms with Crippen molar-refractivity contribution < 1.29 is 0 Å². The third-order valence-corrected chi connectivity index (χ3v) is 18.5. The predicted octanol–water partition coefficient (Wildman–Crippen LogP) is 18.1.